The van der Waals surface area contributed by atoms with E-state index in [4.69, 9.17) is 0 Å². The summed E-state index contributed by atoms with van der Waals surface area (Å²) in [6.07, 6.45) is -3.79. The number of ether oxygens (including phenoxy) is 1. The zero-order chi connectivity index (χ0) is 15.0. The summed E-state index contributed by atoms with van der Waals surface area (Å²) in [4.78, 5) is 11.4. The maximum Gasteiger partial charge on any atom is 0.432 e. The summed E-state index contributed by atoms with van der Waals surface area (Å²) in [5.41, 5.74) is -2.82. The van der Waals surface area contributed by atoms with Crippen LogP contribution in [0.1, 0.15) is 17.5 Å². The normalized spacial score (nSPS) is 17.6. The Bertz CT molecular complexity index is 530. The first-order valence-electron chi connectivity index (χ1n) is 6.05. The van der Waals surface area contributed by atoms with Crippen molar-refractivity contribution in [1.82, 2.24) is 0 Å². The van der Waals surface area contributed by atoms with E-state index >= 15 is 0 Å². The molecule has 4 nitrogen and oxygen atoms in total. The molecule has 0 spiro atoms. The monoisotopic (exact) mass is 289 g/mol. The maximum atomic E-state index is 13.1. The standard InChI is InChI=1S/C13H14F3NO3/c1-20-11(18)12(19,13(14,15)16)9-4-5-10-8(7-9)3-2-6-17-10/h4-5,7,17,19H,2-3,6H2,1H3/t12-/m1/s1. The molecule has 0 bridgehead atoms. The molecule has 20 heavy (non-hydrogen) atoms. The van der Waals surface area contributed by atoms with Gasteiger partial charge in [-0.15, -0.1) is 0 Å². The number of carbonyl (C=O) groups excluding carboxylic acids is 1. The number of anilines is 1. The van der Waals surface area contributed by atoms with E-state index < -0.39 is 23.3 Å². The van der Waals surface area contributed by atoms with Crippen LogP contribution >= 0.6 is 0 Å². The fourth-order valence-electron chi connectivity index (χ4n) is 2.24. The molecule has 1 aliphatic heterocycles. The van der Waals surface area contributed by atoms with Gasteiger partial charge in [-0.3, -0.25) is 0 Å². The molecule has 0 amide bonds. The first-order valence-corrected chi connectivity index (χ1v) is 6.05. The molecule has 1 aliphatic rings. The number of benzene rings is 1. The molecule has 1 heterocycles. The van der Waals surface area contributed by atoms with Crippen LogP contribution in [0.3, 0.4) is 0 Å². The number of hydrogen-bond donors (Lipinski definition) is 2. The molecule has 2 rings (SSSR count). The van der Waals surface area contributed by atoms with Crippen LogP contribution in [0.25, 0.3) is 0 Å². The predicted octanol–water partition coefficient (Wildman–Crippen LogP) is 1.97. The second kappa shape index (κ2) is 4.97. The number of methoxy groups -OCH3 is 1. The number of alkyl halides is 3. The minimum Gasteiger partial charge on any atom is -0.466 e. The number of aliphatic hydroxyl groups is 1. The molecule has 1 aromatic rings. The summed E-state index contributed by atoms with van der Waals surface area (Å²) in [5, 5.41) is 12.9. The Balaban J connectivity index is 2.52. The molecule has 2 N–H and O–H groups in total. The number of hydrogen-bond acceptors (Lipinski definition) is 4. The maximum absolute atomic E-state index is 13.1. The number of carbonyl (C=O) groups is 1. The van der Waals surface area contributed by atoms with Gasteiger partial charge in [0.05, 0.1) is 7.11 Å². The Morgan fingerprint density at radius 3 is 2.70 bits per heavy atom. The molecule has 110 valence electrons. The van der Waals surface area contributed by atoms with Crippen molar-refractivity contribution >= 4 is 11.7 Å². The van der Waals surface area contributed by atoms with E-state index in [0.29, 0.717) is 12.0 Å². The fraction of sp³-hybridized carbons (Fsp3) is 0.462. The van der Waals surface area contributed by atoms with E-state index in [0.717, 1.165) is 31.8 Å². The zero-order valence-corrected chi connectivity index (χ0v) is 10.8. The van der Waals surface area contributed by atoms with Gasteiger partial charge in [-0.1, -0.05) is 6.07 Å². The summed E-state index contributed by atoms with van der Waals surface area (Å²) in [7, 11) is 0.805. The summed E-state index contributed by atoms with van der Waals surface area (Å²) in [5.74, 6) is -1.74. The van der Waals surface area contributed by atoms with Gasteiger partial charge in [0.1, 0.15) is 0 Å². The van der Waals surface area contributed by atoms with Crippen molar-refractivity contribution in [2.24, 2.45) is 0 Å². The van der Waals surface area contributed by atoms with Crippen LogP contribution < -0.4 is 5.32 Å². The van der Waals surface area contributed by atoms with Crippen LogP contribution in [-0.2, 0) is 21.6 Å². The lowest BCUT2D eigenvalue weighted by Crippen LogP contribution is -2.49. The summed E-state index contributed by atoms with van der Waals surface area (Å²) in [6, 6.07) is 3.72. The van der Waals surface area contributed by atoms with Gasteiger partial charge in [0, 0.05) is 17.8 Å². The molecule has 0 saturated heterocycles. The topological polar surface area (TPSA) is 58.6 Å². The molecular weight excluding hydrogens is 275 g/mol. The van der Waals surface area contributed by atoms with E-state index in [1.165, 1.54) is 12.1 Å². The average Bonchev–Trinajstić information content (AvgIpc) is 2.43. The van der Waals surface area contributed by atoms with E-state index in [-0.39, 0.29) is 0 Å². The van der Waals surface area contributed by atoms with Gasteiger partial charge < -0.3 is 15.2 Å². The third kappa shape index (κ3) is 2.22. The highest BCUT2D eigenvalue weighted by atomic mass is 19.4. The largest absolute Gasteiger partial charge is 0.466 e. The van der Waals surface area contributed by atoms with E-state index in [1.54, 1.807) is 0 Å². The van der Waals surface area contributed by atoms with Gasteiger partial charge in [0.25, 0.3) is 5.60 Å². The molecule has 0 saturated carbocycles. The first kappa shape index (κ1) is 14.6. The van der Waals surface area contributed by atoms with E-state index in [9.17, 15) is 23.1 Å². The molecule has 0 aromatic heterocycles. The summed E-state index contributed by atoms with van der Waals surface area (Å²) < 4.78 is 43.4. The SMILES string of the molecule is COC(=O)[C@](O)(c1ccc2c(c1)CCCN2)C(F)(F)F. The van der Waals surface area contributed by atoms with Crippen LogP contribution in [-0.4, -0.2) is 30.9 Å². The van der Waals surface area contributed by atoms with Crippen molar-refractivity contribution in [2.45, 2.75) is 24.6 Å². The highest BCUT2D eigenvalue weighted by Gasteiger charge is 2.62. The number of halogens is 3. The molecule has 0 radical (unpaired) electrons. The smallest absolute Gasteiger partial charge is 0.432 e. The van der Waals surface area contributed by atoms with Crippen LogP contribution in [0.5, 0.6) is 0 Å². The summed E-state index contributed by atoms with van der Waals surface area (Å²) >= 11 is 0. The van der Waals surface area contributed by atoms with Gasteiger partial charge >= 0.3 is 12.1 Å². The zero-order valence-electron chi connectivity index (χ0n) is 10.8. The number of nitrogens with one attached hydrogen (secondary N) is 1. The van der Waals surface area contributed by atoms with Crippen molar-refractivity contribution < 1.29 is 27.8 Å². The minimum absolute atomic E-state index is 0.528. The van der Waals surface area contributed by atoms with Crippen molar-refractivity contribution in [3.8, 4) is 0 Å². The number of fused-ring (bicyclic) bond motifs is 1. The molecular formula is C13H14F3NO3. The molecule has 1 aromatic carbocycles. The van der Waals surface area contributed by atoms with Crippen molar-refractivity contribution in [1.29, 1.82) is 0 Å². The summed E-state index contributed by atoms with van der Waals surface area (Å²) in [6.45, 7) is 0.743. The third-order valence-corrected chi connectivity index (χ3v) is 3.35. The van der Waals surface area contributed by atoms with Crippen molar-refractivity contribution in [3.05, 3.63) is 29.3 Å². The van der Waals surface area contributed by atoms with Gasteiger partial charge in [-0.05, 0) is 30.5 Å². The molecule has 0 unspecified atom stereocenters. The van der Waals surface area contributed by atoms with Gasteiger partial charge in [0.15, 0.2) is 0 Å². The number of rotatable bonds is 2. The first-order chi connectivity index (χ1) is 9.30. The van der Waals surface area contributed by atoms with Crippen LogP contribution in [0.2, 0.25) is 0 Å². The molecule has 0 fully saturated rings. The molecule has 0 aliphatic carbocycles. The van der Waals surface area contributed by atoms with Gasteiger partial charge in [-0.2, -0.15) is 13.2 Å². The van der Waals surface area contributed by atoms with E-state index in [2.05, 4.69) is 10.1 Å². The van der Waals surface area contributed by atoms with Crippen LogP contribution in [0.4, 0.5) is 18.9 Å². The second-order valence-corrected chi connectivity index (χ2v) is 4.60. The Morgan fingerprint density at radius 1 is 1.40 bits per heavy atom. The van der Waals surface area contributed by atoms with Crippen molar-refractivity contribution in [3.63, 3.8) is 0 Å². The molecule has 1 atom stereocenters. The lowest BCUT2D eigenvalue weighted by Gasteiger charge is -2.29. The Kier molecular flexibility index (Phi) is 3.64. The highest BCUT2D eigenvalue weighted by Crippen LogP contribution is 2.41. The fourth-order valence-corrected chi connectivity index (χ4v) is 2.24. The Labute approximate surface area is 113 Å². The average molecular weight is 289 g/mol. The van der Waals surface area contributed by atoms with Gasteiger partial charge in [0.2, 0.25) is 0 Å². The van der Waals surface area contributed by atoms with Crippen molar-refractivity contribution in [2.75, 3.05) is 19.0 Å². The third-order valence-electron chi connectivity index (χ3n) is 3.35. The van der Waals surface area contributed by atoms with Crippen LogP contribution in [0.15, 0.2) is 18.2 Å². The van der Waals surface area contributed by atoms with Gasteiger partial charge in [-0.25, -0.2) is 4.79 Å². The Hall–Kier alpha value is -1.76. The highest BCUT2D eigenvalue weighted by molar-refractivity contribution is 5.82. The van der Waals surface area contributed by atoms with Crippen LogP contribution in [0, 0.1) is 0 Å². The lowest BCUT2D eigenvalue weighted by atomic mass is 9.89. The number of aryl methyl sites for hydroxylation is 1. The predicted molar refractivity (Wildman–Crippen MR) is 65.2 cm³/mol. The molecule has 7 heteroatoms. The minimum atomic E-state index is -5.16. The van der Waals surface area contributed by atoms with E-state index in [1.807, 2.05) is 0 Å². The number of esters is 1. The second-order valence-electron chi connectivity index (χ2n) is 4.60. The Morgan fingerprint density at radius 2 is 2.10 bits per heavy atom. The lowest BCUT2D eigenvalue weighted by molar-refractivity contribution is -0.266. The quantitative estimate of drug-likeness (QED) is 0.817.